The lowest BCUT2D eigenvalue weighted by Gasteiger charge is -2.37. The van der Waals surface area contributed by atoms with Crippen LogP contribution >= 0.6 is 0 Å². The van der Waals surface area contributed by atoms with E-state index in [-0.39, 0.29) is 5.41 Å². The van der Waals surface area contributed by atoms with Crippen molar-refractivity contribution in [3.8, 4) is 0 Å². The highest BCUT2D eigenvalue weighted by Crippen LogP contribution is 2.30. The van der Waals surface area contributed by atoms with Gasteiger partial charge in [0.1, 0.15) is 0 Å². The van der Waals surface area contributed by atoms with Gasteiger partial charge in [0.15, 0.2) is 0 Å². The SMILES string of the molecule is COCC1CCN(CC2(CN)CCOC2)CC1. The van der Waals surface area contributed by atoms with Gasteiger partial charge in [-0.1, -0.05) is 0 Å². The quantitative estimate of drug-likeness (QED) is 0.771. The molecule has 2 saturated heterocycles. The molecule has 2 fully saturated rings. The lowest BCUT2D eigenvalue weighted by molar-refractivity contribution is 0.0676. The molecule has 2 aliphatic rings. The predicted octanol–water partition coefficient (Wildman–Crippen LogP) is 0.710. The largest absolute Gasteiger partial charge is 0.384 e. The summed E-state index contributed by atoms with van der Waals surface area (Å²) >= 11 is 0. The Hall–Kier alpha value is -0.160. The molecule has 0 radical (unpaired) electrons. The van der Waals surface area contributed by atoms with Crippen molar-refractivity contribution in [3.63, 3.8) is 0 Å². The van der Waals surface area contributed by atoms with Crippen LogP contribution in [0.25, 0.3) is 0 Å². The second kappa shape index (κ2) is 6.14. The second-order valence-corrected chi connectivity index (χ2v) is 5.68. The molecule has 2 heterocycles. The van der Waals surface area contributed by atoms with Crippen molar-refractivity contribution in [2.24, 2.45) is 17.1 Å². The molecule has 17 heavy (non-hydrogen) atoms. The van der Waals surface area contributed by atoms with Gasteiger partial charge >= 0.3 is 0 Å². The van der Waals surface area contributed by atoms with Crippen LogP contribution in [-0.2, 0) is 9.47 Å². The van der Waals surface area contributed by atoms with Gasteiger partial charge in [0, 0.05) is 38.8 Å². The highest BCUT2D eigenvalue weighted by molar-refractivity contribution is 4.88. The lowest BCUT2D eigenvalue weighted by Crippen LogP contribution is -2.46. The van der Waals surface area contributed by atoms with E-state index in [1.165, 1.54) is 25.9 Å². The maximum absolute atomic E-state index is 5.93. The minimum absolute atomic E-state index is 0.230. The number of methoxy groups -OCH3 is 1. The highest BCUT2D eigenvalue weighted by atomic mass is 16.5. The average Bonchev–Trinajstić information content (AvgIpc) is 2.81. The van der Waals surface area contributed by atoms with Gasteiger partial charge < -0.3 is 20.1 Å². The van der Waals surface area contributed by atoms with Gasteiger partial charge in [-0.05, 0) is 38.3 Å². The van der Waals surface area contributed by atoms with E-state index in [2.05, 4.69) is 4.90 Å². The summed E-state index contributed by atoms with van der Waals surface area (Å²) in [5.74, 6) is 0.755. The minimum Gasteiger partial charge on any atom is -0.384 e. The summed E-state index contributed by atoms with van der Waals surface area (Å²) in [5.41, 5.74) is 6.16. The van der Waals surface area contributed by atoms with E-state index in [9.17, 15) is 0 Å². The summed E-state index contributed by atoms with van der Waals surface area (Å²) in [5, 5.41) is 0. The van der Waals surface area contributed by atoms with Gasteiger partial charge in [-0.15, -0.1) is 0 Å². The topological polar surface area (TPSA) is 47.7 Å². The number of nitrogens with zero attached hydrogens (tertiary/aromatic N) is 1. The van der Waals surface area contributed by atoms with Gasteiger partial charge in [0.2, 0.25) is 0 Å². The molecule has 0 aromatic rings. The normalized spacial score (nSPS) is 32.1. The fourth-order valence-corrected chi connectivity index (χ4v) is 3.02. The first kappa shape index (κ1) is 13.3. The molecule has 1 unspecified atom stereocenters. The Morgan fingerprint density at radius 1 is 1.41 bits per heavy atom. The number of hydrogen-bond donors (Lipinski definition) is 1. The first-order valence-corrected chi connectivity index (χ1v) is 6.77. The summed E-state index contributed by atoms with van der Waals surface area (Å²) in [6, 6.07) is 0. The first-order valence-electron chi connectivity index (χ1n) is 6.77. The van der Waals surface area contributed by atoms with Crippen molar-refractivity contribution in [2.75, 3.05) is 53.1 Å². The van der Waals surface area contributed by atoms with Crippen molar-refractivity contribution in [3.05, 3.63) is 0 Å². The molecule has 2 aliphatic heterocycles. The maximum atomic E-state index is 5.93. The first-order chi connectivity index (χ1) is 8.28. The molecule has 0 bridgehead atoms. The third-order valence-corrected chi connectivity index (χ3v) is 4.29. The molecule has 0 aromatic heterocycles. The fraction of sp³-hybridized carbons (Fsp3) is 1.00. The Balaban J connectivity index is 1.77. The lowest BCUT2D eigenvalue weighted by atomic mass is 9.85. The number of nitrogens with two attached hydrogens (primary N) is 1. The van der Waals surface area contributed by atoms with Crippen LogP contribution in [0.2, 0.25) is 0 Å². The van der Waals surface area contributed by atoms with Gasteiger partial charge in [-0.25, -0.2) is 0 Å². The van der Waals surface area contributed by atoms with Crippen LogP contribution in [0.5, 0.6) is 0 Å². The Labute approximate surface area is 104 Å². The summed E-state index contributed by atoms with van der Waals surface area (Å²) in [7, 11) is 1.80. The Kier molecular flexibility index (Phi) is 4.79. The van der Waals surface area contributed by atoms with Crippen molar-refractivity contribution in [2.45, 2.75) is 19.3 Å². The van der Waals surface area contributed by atoms with Crippen molar-refractivity contribution in [1.29, 1.82) is 0 Å². The van der Waals surface area contributed by atoms with E-state index >= 15 is 0 Å². The van der Waals surface area contributed by atoms with Crippen LogP contribution in [0.15, 0.2) is 0 Å². The Bertz CT molecular complexity index is 221. The summed E-state index contributed by atoms with van der Waals surface area (Å²) < 4.78 is 10.8. The van der Waals surface area contributed by atoms with Crippen LogP contribution in [0.1, 0.15) is 19.3 Å². The van der Waals surface area contributed by atoms with Crippen molar-refractivity contribution >= 4 is 0 Å². The number of rotatable bonds is 5. The molecule has 100 valence electrons. The van der Waals surface area contributed by atoms with E-state index in [0.717, 1.165) is 45.2 Å². The molecule has 1 atom stereocenters. The van der Waals surface area contributed by atoms with Gasteiger partial charge in [0.05, 0.1) is 6.61 Å². The van der Waals surface area contributed by atoms with Gasteiger partial charge in [-0.3, -0.25) is 0 Å². The van der Waals surface area contributed by atoms with Crippen LogP contribution in [0.4, 0.5) is 0 Å². The molecule has 4 heteroatoms. The van der Waals surface area contributed by atoms with Crippen molar-refractivity contribution in [1.82, 2.24) is 4.90 Å². The standard InChI is InChI=1S/C13H26N2O2/c1-16-8-12-2-5-15(6-3-12)10-13(9-14)4-7-17-11-13/h12H,2-11,14H2,1H3. The third-order valence-electron chi connectivity index (χ3n) is 4.29. The molecule has 4 nitrogen and oxygen atoms in total. The molecule has 0 aromatic carbocycles. The van der Waals surface area contributed by atoms with Crippen LogP contribution < -0.4 is 5.73 Å². The zero-order chi connectivity index (χ0) is 12.1. The number of piperidine rings is 1. The van der Waals surface area contributed by atoms with Gasteiger partial charge in [-0.2, -0.15) is 0 Å². The van der Waals surface area contributed by atoms with Crippen LogP contribution in [0.3, 0.4) is 0 Å². The van der Waals surface area contributed by atoms with E-state index in [4.69, 9.17) is 15.2 Å². The summed E-state index contributed by atoms with van der Waals surface area (Å²) in [6.45, 7) is 6.90. The molecule has 0 saturated carbocycles. The summed E-state index contributed by atoms with van der Waals surface area (Å²) in [4.78, 5) is 2.56. The monoisotopic (exact) mass is 242 g/mol. The number of hydrogen-bond acceptors (Lipinski definition) is 4. The zero-order valence-electron chi connectivity index (χ0n) is 11.0. The molecule has 2 N–H and O–H groups in total. The molecule has 0 amide bonds. The zero-order valence-corrected chi connectivity index (χ0v) is 11.0. The van der Waals surface area contributed by atoms with E-state index in [1.807, 2.05) is 0 Å². The highest BCUT2D eigenvalue weighted by Gasteiger charge is 2.36. The molecular formula is C13H26N2O2. The molecule has 0 spiro atoms. The smallest absolute Gasteiger partial charge is 0.0547 e. The Morgan fingerprint density at radius 2 is 2.18 bits per heavy atom. The summed E-state index contributed by atoms with van der Waals surface area (Å²) in [6.07, 6.45) is 3.65. The van der Waals surface area contributed by atoms with Crippen molar-refractivity contribution < 1.29 is 9.47 Å². The molecule has 0 aliphatic carbocycles. The Morgan fingerprint density at radius 3 is 2.71 bits per heavy atom. The van der Waals surface area contributed by atoms with E-state index in [1.54, 1.807) is 7.11 Å². The fourth-order valence-electron chi connectivity index (χ4n) is 3.02. The number of ether oxygens (including phenoxy) is 2. The number of likely N-dealkylation sites (tertiary alicyclic amines) is 1. The maximum Gasteiger partial charge on any atom is 0.0547 e. The predicted molar refractivity (Wildman–Crippen MR) is 68.0 cm³/mol. The molecular weight excluding hydrogens is 216 g/mol. The minimum atomic E-state index is 0.230. The molecule has 2 rings (SSSR count). The second-order valence-electron chi connectivity index (χ2n) is 5.68. The average molecular weight is 242 g/mol. The van der Waals surface area contributed by atoms with Crippen LogP contribution in [-0.4, -0.2) is 58.0 Å². The third kappa shape index (κ3) is 3.41. The van der Waals surface area contributed by atoms with Gasteiger partial charge in [0.25, 0.3) is 0 Å². The van der Waals surface area contributed by atoms with Crippen LogP contribution in [0, 0.1) is 11.3 Å². The van der Waals surface area contributed by atoms with E-state index in [0.29, 0.717) is 0 Å². The van der Waals surface area contributed by atoms with E-state index < -0.39 is 0 Å².